The molecule has 0 fully saturated rings. The standard InChI is InChI=1S/C13H21N3O2/c1-9(2)13(18)11(16-12(17)5-6-14)8-10-4-3-7-15-10/h3-4,9,11H,5-8,14H2,1-2H3,(H,16,17). The number of carbonyl (C=O) groups excluding carboxylic acids is 2. The second kappa shape index (κ2) is 7.06. The highest BCUT2D eigenvalue weighted by atomic mass is 16.2. The summed E-state index contributed by atoms with van der Waals surface area (Å²) in [6, 6.07) is -0.495. The van der Waals surface area contributed by atoms with Crippen LogP contribution in [0.1, 0.15) is 26.7 Å². The summed E-state index contributed by atoms with van der Waals surface area (Å²) in [6.45, 7) is 4.61. The van der Waals surface area contributed by atoms with E-state index in [1.54, 1.807) is 0 Å². The summed E-state index contributed by atoms with van der Waals surface area (Å²) in [5, 5.41) is 2.74. The zero-order valence-electron chi connectivity index (χ0n) is 11.0. The third-order valence-electron chi connectivity index (χ3n) is 2.74. The van der Waals surface area contributed by atoms with Crippen LogP contribution in [-0.4, -0.2) is 36.5 Å². The van der Waals surface area contributed by atoms with E-state index in [0.29, 0.717) is 13.0 Å². The van der Waals surface area contributed by atoms with Crippen LogP contribution in [-0.2, 0) is 9.59 Å². The van der Waals surface area contributed by atoms with E-state index in [9.17, 15) is 9.59 Å². The monoisotopic (exact) mass is 251 g/mol. The van der Waals surface area contributed by atoms with Gasteiger partial charge in [-0.05, 0) is 6.08 Å². The molecule has 0 aromatic carbocycles. The highest BCUT2D eigenvalue weighted by Gasteiger charge is 2.24. The second-order valence-corrected chi connectivity index (χ2v) is 4.65. The second-order valence-electron chi connectivity index (χ2n) is 4.65. The summed E-state index contributed by atoms with van der Waals surface area (Å²) >= 11 is 0. The number of nitrogens with one attached hydrogen (secondary N) is 1. The van der Waals surface area contributed by atoms with Crippen molar-refractivity contribution in [3.8, 4) is 0 Å². The average molecular weight is 251 g/mol. The van der Waals surface area contributed by atoms with E-state index < -0.39 is 6.04 Å². The first-order valence-electron chi connectivity index (χ1n) is 6.27. The van der Waals surface area contributed by atoms with Crippen molar-refractivity contribution in [2.24, 2.45) is 16.6 Å². The fourth-order valence-corrected chi connectivity index (χ4v) is 1.78. The van der Waals surface area contributed by atoms with Crippen molar-refractivity contribution in [1.29, 1.82) is 0 Å². The van der Waals surface area contributed by atoms with Crippen molar-refractivity contribution < 1.29 is 9.59 Å². The third-order valence-corrected chi connectivity index (χ3v) is 2.74. The molecule has 100 valence electrons. The Balaban J connectivity index is 2.65. The molecule has 0 radical (unpaired) electrons. The van der Waals surface area contributed by atoms with Gasteiger partial charge in [-0.1, -0.05) is 19.9 Å². The number of nitrogens with zero attached hydrogens (tertiary/aromatic N) is 1. The fraction of sp³-hybridized carbons (Fsp3) is 0.615. The molecular weight excluding hydrogens is 230 g/mol. The predicted octanol–water partition coefficient (Wildman–Crippen LogP) is 0.446. The number of hydrogen-bond acceptors (Lipinski definition) is 4. The van der Waals surface area contributed by atoms with Gasteiger partial charge in [0.2, 0.25) is 5.91 Å². The molecule has 3 N–H and O–H groups in total. The molecule has 1 atom stereocenters. The van der Waals surface area contributed by atoms with E-state index in [1.807, 2.05) is 26.0 Å². The van der Waals surface area contributed by atoms with Crippen molar-refractivity contribution in [3.63, 3.8) is 0 Å². The van der Waals surface area contributed by atoms with E-state index in [-0.39, 0.29) is 30.6 Å². The molecule has 0 saturated heterocycles. The summed E-state index contributed by atoms with van der Waals surface area (Å²) in [4.78, 5) is 27.8. The van der Waals surface area contributed by atoms with Crippen molar-refractivity contribution in [2.45, 2.75) is 32.7 Å². The minimum absolute atomic E-state index is 0.0309. The summed E-state index contributed by atoms with van der Waals surface area (Å²) in [5.41, 5.74) is 6.19. The Morgan fingerprint density at radius 1 is 1.50 bits per heavy atom. The molecule has 18 heavy (non-hydrogen) atoms. The van der Waals surface area contributed by atoms with E-state index in [1.165, 1.54) is 0 Å². The zero-order chi connectivity index (χ0) is 13.5. The first-order valence-corrected chi connectivity index (χ1v) is 6.27. The minimum atomic E-state index is -0.495. The predicted molar refractivity (Wildman–Crippen MR) is 71.5 cm³/mol. The molecule has 0 spiro atoms. The third kappa shape index (κ3) is 4.41. The molecule has 5 nitrogen and oxygen atoms in total. The van der Waals surface area contributed by atoms with Gasteiger partial charge in [-0.2, -0.15) is 0 Å². The lowest BCUT2D eigenvalue weighted by atomic mass is 9.97. The van der Waals surface area contributed by atoms with Crippen molar-refractivity contribution >= 4 is 17.4 Å². The van der Waals surface area contributed by atoms with Gasteiger partial charge in [-0.25, -0.2) is 0 Å². The molecule has 5 heteroatoms. The number of allylic oxidation sites excluding steroid dienone is 1. The molecule has 0 bridgehead atoms. The van der Waals surface area contributed by atoms with Gasteiger partial charge >= 0.3 is 0 Å². The van der Waals surface area contributed by atoms with Crippen molar-refractivity contribution in [2.75, 3.05) is 13.1 Å². The maximum atomic E-state index is 12.0. The zero-order valence-corrected chi connectivity index (χ0v) is 11.0. The molecule has 1 aliphatic heterocycles. The molecule has 1 amide bonds. The van der Waals surface area contributed by atoms with Crippen LogP contribution in [0.5, 0.6) is 0 Å². The lowest BCUT2D eigenvalue weighted by Gasteiger charge is -2.19. The smallest absolute Gasteiger partial charge is 0.221 e. The van der Waals surface area contributed by atoms with E-state index in [0.717, 1.165) is 5.71 Å². The van der Waals surface area contributed by atoms with E-state index in [2.05, 4.69) is 10.3 Å². The van der Waals surface area contributed by atoms with Crippen LogP contribution in [0.4, 0.5) is 0 Å². The van der Waals surface area contributed by atoms with Crippen LogP contribution in [0.15, 0.2) is 17.1 Å². The van der Waals surface area contributed by atoms with Crippen LogP contribution < -0.4 is 11.1 Å². The maximum Gasteiger partial charge on any atom is 0.221 e. The molecule has 0 aromatic heterocycles. The first-order chi connectivity index (χ1) is 8.54. The van der Waals surface area contributed by atoms with Crippen LogP contribution >= 0.6 is 0 Å². The number of nitrogens with two attached hydrogens (primary N) is 1. The van der Waals surface area contributed by atoms with Gasteiger partial charge in [0.15, 0.2) is 5.78 Å². The van der Waals surface area contributed by atoms with Gasteiger partial charge in [-0.3, -0.25) is 14.6 Å². The number of aliphatic imine (C=N–C) groups is 1. The summed E-state index contributed by atoms with van der Waals surface area (Å²) in [7, 11) is 0. The van der Waals surface area contributed by atoms with Crippen LogP contribution in [0.3, 0.4) is 0 Å². The van der Waals surface area contributed by atoms with Gasteiger partial charge in [0.05, 0.1) is 12.6 Å². The van der Waals surface area contributed by atoms with Gasteiger partial charge in [-0.15, -0.1) is 0 Å². The lowest BCUT2D eigenvalue weighted by Crippen LogP contribution is -2.44. The van der Waals surface area contributed by atoms with Gasteiger partial charge in [0.1, 0.15) is 0 Å². The van der Waals surface area contributed by atoms with Gasteiger partial charge in [0, 0.05) is 31.0 Å². The minimum Gasteiger partial charge on any atom is -0.346 e. The lowest BCUT2D eigenvalue weighted by molar-refractivity contribution is -0.129. The Kier molecular flexibility index (Phi) is 5.71. The fourth-order valence-electron chi connectivity index (χ4n) is 1.78. The molecule has 0 aromatic rings. The number of rotatable bonds is 7. The summed E-state index contributed by atoms with van der Waals surface area (Å²) in [5.74, 6) is -0.262. The number of Topliss-reactive ketones (excluding diaryl/α,β-unsaturated/α-hetero) is 1. The van der Waals surface area contributed by atoms with Crippen molar-refractivity contribution in [3.05, 3.63) is 12.2 Å². The van der Waals surface area contributed by atoms with Gasteiger partial charge < -0.3 is 11.1 Å². The molecule has 0 aliphatic carbocycles. The molecule has 0 saturated carbocycles. The van der Waals surface area contributed by atoms with Crippen LogP contribution in [0.25, 0.3) is 0 Å². The molecule has 1 unspecified atom stereocenters. The van der Waals surface area contributed by atoms with Crippen molar-refractivity contribution in [1.82, 2.24) is 5.32 Å². The Morgan fingerprint density at radius 3 is 2.72 bits per heavy atom. The number of ketones is 1. The summed E-state index contributed by atoms with van der Waals surface area (Å²) in [6.07, 6.45) is 4.54. The largest absolute Gasteiger partial charge is 0.346 e. The molecule has 1 rings (SSSR count). The maximum absolute atomic E-state index is 12.0. The Morgan fingerprint density at radius 2 is 2.22 bits per heavy atom. The number of carbonyl (C=O) groups is 2. The Labute approximate surface area is 108 Å². The van der Waals surface area contributed by atoms with E-state index >= 15 is 0 Å². The summed E-state index contributed by atoms with van der Waals surface area (Å²) < 4.78 is 0. The molecule has 1 aliphatic rings. The first kappa shape index (κ1) is 14.6. The van der Waals surface area contributed by atoms with Gasteiger partial charge in [0.25, 0.3) is 0 Å². The normalized spacial score (nSPS) is 15.7. The average Bonchev–Trinajstić information content (AvgIpc) is 2.80. The number of amides is 1. The molecular formula is C13H21N3O2. The Bertz CT molecular complexity index is 372. The highest BCUT2D eigenvalue weighted by molar-refractivity contribution is 6.01. The topological polar surface area (TPSA) is 84.5 Å². The van der Waals surface area contributed by atoms with Crippen LogP contribution in [0, 0.1) is 5.92 Å². The quantitative estimate of drug-likeness (QED) is 0.689. The Hall–Kier alpha value is -1.49. The molecule has 1 heterocycles. The van der Waals surface area contributed by atoms with E-state index in [4.69, 9.17) is 5.73 Å². The SMILES string of the molecule is CC(C)C(=O)C(CC1=NCC=C1)NC(=O)CCN. The highest BCUT2D eigenvalue weighted by Crippen LogP contribution is 2.08. The number of hydrogen-bond donors (Lipinski definition) is 2. The van der Waals surface area contributed by atoms with Crippen LogP contribution in [0.2, 0.25) is 0 Å².